The molecule has 6 nitrogen and oxygen atoms in total. The van der Waals surface area contributed by atoms with Gasteiger partial charge in [0.1, 0.15) is 12.4 Å². The van der Waals surface area contributed by atoms with Crippen LogP contribution in [0.5, 0.6) is 5.75 Å². The predicted molar refractivity (Wildman–Crippen MR) is 107 cm³/mol. The summed E-state index contributed by atoms with van der Waals surface area (Å²) in [7, 11) is 0. The molecule has 0 aliphatic heterocycles. The van der Waals surface area contributed by atoms with Crippen LogP contribution in [-0.4, -0.2) is 23.2 Å². The van der Waals surface area contributed by atoms with Gasteiger partial charge in [-0.2, -0.15) is 5.26 Å². The second-order valence-corrected chi connectivity index (χ2v) is 7.75. The molecule has 0 fully saturated rings. The van der Waals surface area contributed by atoms with Gasteiger partial charge >= 0.3 is 0 Å². The van der Waals surface area contributed by atoms with Crippen molar-refractivity contribution >= 4 is 17.3 Å². The third-order valence-electron chi connectivity index (χ3n) is 4.18. The normalized spacial score (nSPS) is 13.0. The first-order valence-corrected chi connectivity index (χ1v) is 8.75. The van der Waals surface area contributed by atoms with Crippen molar-refractivity contribution in [2.45, 2.75) is 38.7 Å². The zero-order chi connectivity index (χ0) is 20.9. The molecule has 0 radical (unpaired) electrons. The number of nitrogens with zero attached hydrogens (tertiary/aromatic N) is 2. The Kier molecular flexibility index (Phi) is 6.08. The Morgan fingerprint density at radius 1 is 1.21 bits per heavy atom. The topological polar surface area (TPSA) is 86.7 Å². The van der Waals surface area contributed by atoms with Gasteiger partial charge in [-0.25, -0.2) is 4.85 Å². The van der Waals surface area contributed by atoms with Crippen molar-refractivity contribution in [1.29, 1.82) is 5.26 Å². The van der Waals surface area contributed by atoms with Crippen LogP contribution in [0.2, 0.25) is 0 Å². The molecule has 0 aliphatic carbocycles. The lowest BCUT2D eigenvalue weighted by molar-refractivity contribution is -0.135. The SMILES string of the molecule is [C-]#[N+]c1ccc(NC(=O)[C@@](C)(O)COc2ccc(C#N)cc2)cc1C(C)(C)C. The molecule has 0 aliphatic rings. The molecule has 0 saturated heterocycles. The van der Waals surface area contributed by atoms with Crippen LogP contribution in [0, 0.1) is 17.9 Å². The van der Waals surface area contributed by atoms with Crippen molar-refractivity contribution in [3.05, 3.63) is 65.0 Å². The van der Waals surface area contributed by atoms with E-state index in [1.165, 1.54) is 6.92 Å². The van der Waals surface area contributed by atoms with E-state index >= 15 is 0 Å². The molecule has 0 unspecified atom stereocenters. The number of rotatable bonds is 5. The molecule has 0 heterocycles. The number of nitriles is 1. The maximum atomic E-state index is 12.5. The quantitative estimate of drug-likeness (QED) is 0.766. The van der Waals surface area contributed by atoms with E-state index < -0.39 is 11.5 Å². The molecule has 1 atom stereocenters. The molecule has 2 aromatic carbocycles. The highest BCUT2D eigenvalue weighted by Gasteiger charge is 2.32. The molecule has 6 heteroatoms. The minimum atomic E-state index is -1.77. The van der Waals surface area contributed by atoms with E-state index in [-0.39, 0.29) is 12.0 Å². The summed E-state index contributed by atoms with van der Waals surface area (Å²) < 4.78 is 5.48. The number of aliphatic hydroxyl groups is 1. The van der Waals surface area contributed by atoms with Crippen LogP contribution in [0.4, 0.5) is 11.4 Å². The fourth-order valence-electron chi connectivity index (χ4n) is 2.49. The van der Waals surface area contributed by atoms with E-state index in [1.54, 1.807) is 42.5 Å². The van der Waals surface area contributed by atoms with Gasteiger partial charge in [-0.3, -0.25) is 4.79 Å². The van der Waals surface area contributed by atoms with Gasteiger partial charge < -0.3 is 15.2 Å². The summed E-state index contributed by atoms with van der Waals surface area (Å²) in [5, 5.41) is 22.0. The minimum absolute atomic E-state index is 0.253. The molecule has 0 bridgehead atoms. The highest BCUT2D eigenvalue weighted by molar-refractivity contribution is 5.97. The number of benzene rings is 2. The Bertz CT molecular complexity index is 943. The zero-order valence-electron chi connectivity index (χ0n) is 16.4. The Balaban J connectivity index is 2.10. The average Bonchev–Trinajstić information content (AvgIpc) is 2.66. The summed E-state index contributed by atoms with van der Waals surface area (Å²) in [4.78, 5) is 16.1. The van der Waals surface area contributed by atoms with Gasteiger partial charge in [-0.05, 0) is 54.3 Å². The number of hydrogen-bond donors (Lipinski definition) is 2. The fraction of sp³-hybridized carbons (Fsp3) is 0.318. The monoisotopic (exact) mass is 377 g/mol. The first-order chi connectivity index (χ1) is 13.1. The molecule has 2 N–H and O–H groups in total. The lowest BCUT2D eigenvalue weighted by atomic mass is 9.85. The van der Waals surface area contributed by atoms with Crippen LogP contribution in [0.15, 0.2) is 42.5 Å². The van der Waals surface area contributed by atoms with E-state index in [9.17, 15) is 9.90 Å². The molecule has 144 valence electrons. The summed E-state index contributed by atoms with van der Waals surface area (Å²) in [6.07, 6.45) is 0. The van der Waals surface area contributed by atoms with Crippen LogP contribution in [0.3, 0.4) is 0 Å². The van der Waals surface area contributed by atoms with Crippen molar-refractivity contribution in [3.8, 4) is 11.8 Å². The number of carbonyl (C=O) groups excluding carboxylic acids is 1. The van der Waals surface area contributed by atoms with Gasteiger partial charge in [0, 0.05) is 5.69 Å². The average molecular weight is 377 g/mol. The molecule has 2 aromatic rings. The van der Waals surface area contributed by atoms with Gasteiger partial charge in [0.25, 0.3) is 5.91 Å². The van der Waals surface area contributed by atoms with E-state index in [0.717, 1.165) is 5.56 Å². The maximum Gasteiger partial charge on any atom is 0.259 e. The van der Waals surface area contributed by atoms with Crippen molar-refractivity contribution in [3.63, 3.8) is 0 Å². The molecule has 0 spiro atoms. The van der Waals surface area contributed by atoms with E-state index in [4.69, 9.17) is 16.6 Å². The van der Waals surface area contributed by atoms with Gasteiger partial charge in [0.2, 0.25) is 0 Å². The third-order valence-corrected chi connectivity index (χ3v) is 4.18. The van der Waals surface area contributed by atoms with Gasteiger partial charge in [0.05, 0.1) is 18.2 Å². The Morgan fingerprint density at radius 2 is 1.86 bits per heavy atom. The standard InChI is InChI=1S/C22H23N3O3/c1-21(2,3)18-12-16(8-11-19(18)24-5)25-20(26)22(4,27)14-28-17-9-6-15(13-23)7-10-17/h6-12,27H,14H2,1-4H3,(H,25,26)/t22-/m0/s1. The number of anilines is 1. The van der Waals surface area contributed by atoms with Gasteiger partial charge in [-0.1, -0.05) is 26.8 Å². The van der Waals surface area contributed by atoms with Crippen molar-refractivity contribution in [2.75, 3.05) is 11.9 Å². The summed E-state index contributed by atoms with van der Waals surface area (Å²) >= 11 is 0. The maximum absolute atomic E-state index is 12.5. The summed E-state index contributed by atoms with van der Waals surface area (Å²) in [5.41, 5.74) is 0.307. The molecule has 1 amide bonds. The number of carbonyl (C=O) groups is 1. The van der Waals surface area contributed by atoms with E-state index in [1.807, 2.05) is 26.8 Å². The molecule has 0 aromatic heterocycles. The van der Waals surface area contributed by atoms with Crippen LogP contribution < -0.4 is 10.1 Å². The summed E-state index contributed by atoms with van der Waals surface area (Å²) in [5.74, 6) is -0.167. The molecular formula is C22H23N3O3. The Labute approximate surface area is 165 Å². The second-order valence-electron chi connectivity index (χ2n) is 7.75. The molecular weight excluding hydrogens is 354 g/mol. The molecule has 2 rings (SSSR count). The van der Waals surface area contributed by atoms with Crippen molar-refractivity contribution in [2.24, 2.45) is 0 Å². The Hall–Kier alpha value is -3.35. The smallest absolute Gasteiger partial charge is 0.259 e. The van der Waals surface area contributed by atoms with Gasteiger partial charge in [-0.15, -0.1) is 0 Å². The number of amides is 1. The van der Waals surface area contributed by atoms with Gasteiger partial charge in [0.15, 0.2) is 11.3 Å². The minimum Gasteiger partial charge on any atom is -0.490 e. The van der Waals surface area contributed by atoms with E-state index in [0.29, 0.717) is 22.7 Å². The van der Waals surface area contributed by atoms with Crippen LogP contribution in [-0.2, 0) is 10.2 Å². The Morgan fingerprint density at radius 3 is 2.39 bits per heavy atom. The highest BCUT2D eigenvalue weighted by Crippen LogP contribution is 2.34. The highest BCUT2D eigenvalue weighted by atomic mass is 16.5. The zero-order valence-corrected chi connectivity index (χ0v) is 16.4. The van der Waals surface area contributed by atoms with Crippen LogP contribution in [0.25, 0.3) is 4.85 Å². The second kappa shape index (κ2) is 8.12. The van der Waals surface area contributed by atoms with Crippen LogP contribution >= 0.6 is 0 Å². The lowest BCUT2D eigenvalue weighted by Crippen LogP contribution is -2.45. The largest absolute Gasteiger partial charge is 0.490 e. The third kappa shape index (κ3) is 5.09. The molecule has 28 heavy (non-hydrogen) atoms. The number of nitrogens with one attached hydrogen (secondary N) is 1. The van der Waals surface area contributed by atoms with E-state index in [2.05, 4.69) is 10.2 Å². The summed E-state index contributed by atoms with van der Waals surface area (Å²) in [6, 6.07) is 13.4. The first-order valence-electron chi connectivity index (χ1n) is 8.75. The van der Waals surface area contributed by atoms with Crippen LogP contribution in [0.1, 0.15) is 38.8 Å². The molecule has 0 saturated carbocycles. The fourth-order valence-corrected chi connectivity index (χ4v) is 2.49. The predicted octanol–water partition coefficient (Wildman–Crippen LogP) is 4.18. The van der Waals surface area contributed by atoms with Crippen molar-refractivity contribution < 1.29 is 14.6 Å². The number of ether oxygens (including phenoxy) is 1. The lowest BCUT2D eigenvalue weighted by Gasteiger charge is -2.24. The number of hydrogen-bond acceptors (Lipinski definition) is 4. The first kappa shape index (κ1) is 21.0. The summed E-state index contributed by atoms with van der Waals surface area (Å²) in [6.45, 7) is 14.4. The van der Waals surface area contributed by atoms with Crippen molar-refractivity contribution in [1.82, 2.24) is 0 Å².